The van der Waals surface area contributed by atoms with Crippen molar-refractivity contribution < 1.29 is 4.79 Å². The quantitative estimate of drug-likeness (QED) is 0.788. The summed E-state index contributed by atoms with van der Waals surface area (Å²) in [5.74, 6) is -0.373. The average Bonchev–Trinajstić information content (AvgIpc) is 2.98. The number of benzene rings is 1. The Balaban J connectivity index is 1.66. The highest BCUT2D eigenvalue weighted by Gasteiger charge is 2.25. The van der Waals surface area contributed by atoms with Crippen LogP contribution in [0.4, 0.5) is 0 Å². The third-order valence-electron chi connectivity index (χ3n) is 4.30. The van der Waals surface area contributed by atoms with Crippen LogP contribution in [-0.2, 0) is 6.42 Å². The standard InChI is InChI=1S/C18H15N3O2/c22-17(20-15-9-8-12-5-1-2-6-13(12)15)14-11-19-16-7-3-4-10-21(16)18(14)23/h1-7,10-11,15H,8-9H2,(H,20,22)/t15-/m1/s1. The molecule has 5 heteroatoms. The molecular weight excluding hydrogens is 290 g/mol. The molecule has 0 radical (unpaired) electrons. The van der Waals surface area contributed by atoms with Gasteiger partial charge in [0, 0.05) is 12.4 Å². The number of fused-ring (bicyclic) bond motifs is 2. The first-order valence-corrected chi connectivity index (χ1v) is 7.59. The van der Waals surface area contributed by atoms with Crippen molar-refractivity contribution in [1.29, 1.82) is 0 Å². The number of carbonyl (C=O) groups is 1. The number of aryl methyl sites for hydroxylation is 1. The maximum Gasteiger partial charge on any atom is 0.270 e. The van der Waals surface area contributed by atoms with Crippen LogP contribution in [0, 0.1) is 0 Å². The summed E-state index contributed by atoms with van der Waals surface area (Å²) in [6.07, 6.45) is 4.77. The number of nitrogens with zero attached hydrogens (tertiary/aromatic N) is 2. The molecule has 23 heavy (non-hydrogen) atoms. The van der Waals surface area contributed by atoms with Crippen molar-refractivity contribution in [2.45, 2.75) is 18.9 Å². The molecule has 0 saturated heterocycles. The third-order valence-corrected chi connectivity index (χ3v) is 4.30. The number of nitrogens with one attached hydrogen (secondary N) is 1. The molecule has 1 aliphatic rings. The number of amides is 1. The summed E-state index contributed by atoms with van der Waals surface area (Å²) in [4.78, 5) is 29.1. The van der Waals surface area contributed by atoms with Gasteiger partial charge in [0.25, 0.3) is 11.5 Å². The largest absolute Gasteiger partial charge is 0.345 e. The molecule has 0 aliphatic heterocycles. The van der Waals surface area contributed by atoms with E-state index in [2.05, 4.69) is 16.4 Å². The Morgan fingerprint density at radius 2 is 2.00 bits per heavy atom. The normalized spacial score (nSPS) is 16.3. The first kappa shape index (κ1) is 13.7. The van der Waals surface area contributed by atoms with E-state index in [0.29, 0.717) is 5.65 Å². The van der Waals surface area contributed by atoms with Crippen LogP contribution >= 0.6 is 0 Å². The van der Waals surface area contributed by atoms with E-state index in [4.69, 9.17) is 0 Å². The Morgan fingerprint density at radius 1 is 1.17 bits per heavy atom. The molecule has 114 valence electrons. The molecule has 0 spiro atoms. The topological polar surface area (TPSA) is 63.5 Å². The zero-order valence-corrected chi connectivity index (χ0v) is 12.4. The fraction of sp³-hybridized carbons (Fsp3) is 0.167. The minimum Gasteiger partial charge on any atom is -0.345 e. The van der Waals surface area contributed by atoms with Gasteiger partial charge in [-0.3, -0.25) is 14.0 Å². The zero-order valence-electron chi connectivity index (χ0n) is 12.4. The smallest absolute Gasteiger partial charge is 0.270 e. The van der Waals surface area contributed by atoms with Gasteiger partial charge in [0.1, 0.15) is 11.2 Å². The fourth-order valence-electron chi connectivity index (χ4n) is 3.13. The van der Waals surface area contributed by atoms with Crippen molar-refractivity contribution in [3.63, 3.8) is 0 Å². The highest BCUT2D eigenvalue weighted by molar-refractivity contribution is 5.94. The molecule has 1 aromatic carbocycles. The van der Waals surface area contributed by atoms with Crippen LogP contribution < -0.4 is 10.9 Å². The Bertz CT molecular complexity index is 962. The number of carbonyl (C=O) groups excluding carboxylic acids is 1. The predicted molar refractivity (Wildman–Crippen MR) is 86.4 cm³/mol. The third kappa shape index (κ3) is 2.30. The highest BCUT2D eigenvalue weighted by Crippen LogP contribution is 2.30. The molecule has 0 saturated carbocycles. The lowest BCUT2D eigenvalue weighted by Gasteiger charge is -2.14. The SMILES string of the molecule is O=C(N[C@@H]1CCc2ccccc21)c1cnc2ccccn2c1=O. The van der Waals surface area contributed by atoms with E-state index >= 15 is 0 Å². The molecule has 0 fully saturated rings. The molecule has 1 atom stereocenters. The van der Waals surface area contributed by atoms with Gasteiger partial charge in [-0.1, -0.05) is 30.3 Å². The van der Waals surface area contributed by atoms with Crippen LogP contribution in [0.15, 0.2) is 59.7 Å². The molecule has 2 heterocycles. The number of aromatic nitrogens is 2. The van der Waals surface area contributed by atoms with Gasteiger partial charge in [0.2, 0.25) is 0 Å². The van der Waals surface area contributed by atoms with E-state index in [1.165, 1.54) is 16.2 Å². The number of pyridine rings is 1. The lowest BCUT2D eigenvalue weighted by atomic mass is 10.1. The fourth-order valence-corrected chi connectivity index (χ4v) is 3.13. The maximum atomic E-state index is 12.5. The molecule has 2 aromatic heterocycles. The summed E-state index contributed by atoms with van der Waals surface area (Å²) < 4.78 is 1.39. The van der Waals surface area contributed by atoms with Crippen LogP contribution in [-0.4, -0.2) is 15.3 Å². The van der Waals surface area contributed by atoms with Crippen molar-refractivity contribution in [2.75, 3.05) is 0 Å². The minimum atomic E-state index is -0.373. The van der Waals surface area contributed by atoms with Gasteiger partial charge in [-0.2, -0.15) is 0 Å². The van der Waals surface area contributed by atoms with E-state index in [0.717, 1.165) is 18.4 Å². The summed E-state index contributed by atoms with van der Waals surface area (Å²) in [6, 6.07) is 13.3. The monoisotopic (exact) mass is 305 g/mol. The summed E-state index contributed by atoms with van der Waals surface area (Å²) in [5, 5.41) is 2.96. The second-order valence-corrected chi connectivity index (χ2v) is 5.67. The first-order chi connectivity index (χ1) is 11.2. The number of hydrogen-bond donors (Lipinski definition) is 1. The average molecular weight is 305 g/mol. The summed E-state index contributed by atoms with van der Waals surface area (Å²) in [5.41, 5.74) is 2.64. The van der Waals surface area contributed by atoms with E-state index < -0.39 is 0 Å². The van der Waals surface area contributed by atoms with Gasteiger partial charge in [-0.05, 0) is 36.1 Å². The van der Waals surface area contributed by atoms with Gasteiger partial charge in [-0.25, -0.2) is 4.98 Å². The van der Waals surface area contributed by atoms with E-state index in [1.54, 1.807) is 24.4 Å². The summed E-state index contributed by atoms with van der Waals surface area (Å²) >= 11 is 0. The molecular formula is C18H15N3O2. The van der Waals surface area contributed by atoms with Crippen molar-refractivity contribution in [3.05, 3.63) is 81.9 Å². The molecule has 3 aromatic rings. The lowest BCUT2D eigenvalue weighted by molar-refractivity contribution is 0.0934. The van der Waals surface area contributed by atoms with Crippen LogP contribution in [0.3, 0.4) is 0 Å². The van der Waals surface area contributed by atoms with Gasteiger partial charge in [0.05, 0.1) is 6.04 Å². The van der Waals surface area contributed by atoms with Crippen molar-refractivity contribution >= 4 is 11.6 Å². The lowest BCUT2D eigenvalue weighted by Crippen LogP contribution is -2.33. The molecule has 0 bridgehead atoms. The van der Waals surface area contributed by atoms with Gasteiger partial charge >= 0.3 is 0 Å². The first-order valence-electron chi connectivity index (χ1n) is 7.59. The second kappa shape index (κ2) is 5.35. The van der Waals surface area contributed by atoms with Crippen LogP contribution in [0.25, 0.3) is 5.65 Å². The van der Waals surface area contributed by atoms with Crippen molar-refractivity contribution in [1.82, 2.24) is 14.7 Å². The zero-order chi connectivity index (χ0) is 15.8. The molecule has 4 rings (SSSR count). The summed E-state index contributed by atoms with van der Waals surface area (Å²) in [7, 11) is 0. The van der Waals surface area contributed by atoms with Crippen molar-refractivity contribution in [2.24, 2.45) is 0 Å². The minimum absolute atomic E-state index is 0.0467. The van der Waals surface area contributed by atoms with Crippen LogP contribution in [0.5, 0.6) is 0 Å². The molecule has 1 amide bonds. The van der Waals surface area contributed by atoms with Gasteiger partial charge in [-0.15, -0.1) is 0 Å². The van der Waals surface area contributed by atoms with E-state index in [9.17, 15) is 9.59 Å². The Labute approximate surface area is 132 Å². The van der Waals surface area contributed by atoms with Crippen LogP contribution in [0.1, 0.15) is 33.9 Å². The molecule has 0 unspecified atom stereocenters. The predicted octanol–water partition coefficient (Wildman–Crippen LogP) is 2.11. The number of rotatable bonds is 2. The number of hydrogen-bond acceptors (Lipinski definition) is 3. The van der Waals surface area contributed by atoms with Crippen molar-refractivity contribution in [3.8, 4) is 0 Å². The van der Waals surface area contributed by atoms with E-state index in [1.807, 2.05) is 18.2 Å². The molecule has 1 aliphatic carbocycles. The van der Waals surface area contributed by atoms with Crippen LogP contribution in [0.2, 0.25) is 0 Å². The maximum absolute atomic E-state index is 12.5. The molecule has 5 nitrogen and oxygen atoms in total. The second-order valence-electron chi connectivity index (χ2n) is 5.67. The summed E-state index contributed by atoms with van der Waals surface area (Å²) in [6.45, 7) is 0. The Kier molecular flexibility index (Phi) is 3.19. The Hall–Kier alpha value is -2.95. The van der Waals surface area contributed by atoms with E-state index in [-0.39, 0.29) is 23.1 Å². The van der Waals surface area contributed by atoms with Gasteiger partial charge in [0.15, 0.2) is 0 Å². The highest BCUT2D eigenvalue weighted by atomic mass is 16.2. The Morgan fingerprint density at radius 3 is 2.91 bits per heavy atom. The molecule has 1 N–H and O–H groups in total. The van der Waals surface area contributed by atoms with Gasteiger partial charge < -0.3 is 5.32 Å².